The highest BCUT2D eigenvalue weighted by Crippen LogP contribution is 2.34. The Hall–Kier alpha value is -2.38. The van der Waals surface area contributed by atoms with Crippen LogP contribution >= 0.6 is 50.7 Å². The Kier molecular flexibility index (Phi) is 7.06. The van der Waals surface area contributed by atoms with Gasteiger partial charge in [-0.3, -0.25) is 29.5 Å². The molecular formula is C20H15BrIN3O5S. The molecule has 0 radical (unpaired) electrons. The Morgan fingerprint density at radius 2 is 1.84 bits per heavy atom. The molecule has 1 fully saturated rings. The number of thiocarbonyl (C=S) groups is 1. The van der Waals surface area contributed by atoms with E-state index in [1.807, 2.05) is 0 Å². The lowest BCUT2D eigenvalue weighted by atomic mass is 10.1. The van der Waals surface area contributed by atoms with Crippen molar-refractivity contribution in [1.82, 2.24) is 9.80 Å². The maximum absolute atomic E-state index is 12.5. The predicted molar refractivity (Wildman–Crippen MR) is 130 cm³/mol. The average molecular weight is 616 g/mol. The van der Waals surface area contributed by atoms with Crippen LogP contribution in [0.2, 0.25) is 0 Å². The van der Waals surface area contributed by atoms with E-state index in [0.717, 1.165) is 3.57 Å². The van der Waals surface area contributed by atoms with Crippen molar-refractivity contribution in [2.45, 2.75) is 6.61 Å². The Labute approximate surface area is 205 Å². The first-order valence-corrected chi connectivity index (χ1v) is 11.0. The number of halogens is 2. The molecule has 2 aromatic rings. The summed E-state index contributed by atoms with van der Waals surface area (Å²) in [6, 6.07) is 9.71. The number of amides is 2. The van der Waals surface area contributed by atoms with E-state index in [-0.39, 0.29) is 23.0 Å². The topological polar surface area (TPSA) is 93.0 Å². The zero-order valence-electron chi connectivity index (χ0n) is 16.3. The van der Waals surface area contributed by atoms with E-state index >= 15 is 0 Å². The SMILES string of the molecule is CN1C(=O)C(=Cc2cc(Br)c(OCc3cccc([N+](=O)[O-])c3)c(I)c2)C(=O)N(C)C1=S. The average Bonchev–Trinajstić information content (AvgIpc) is 2.73. The molecule has 160 valence electrons. The van der Waals surface area contributed by atoms with Crippen molar-refractivity contribution in [1.29, 1.82) is 0 Å². The second-order valence-corrected chi connectivity index (χ2v) is 8.98. The summed E-state index contributed by atoms with van der Waals surface area (Å²) < 4.78 is 7.21. The fourth-order valence-corrected chi connectivity index (χ4v) is 4.79. The Balaban J connectivity index is 1.85. The van der Waals surface area contributed by atoms with Gasteiger partial charge in [-0.2, -0.15) is 0 Å². The number of hydrogen-bond donors (Lipinski definition) is 0. The molecule has 31 heavy (non-hydrogen) atoms. The lowest BCUT2D eigenvalue weighted by Gasteiger charge is -2.31. The molecule has 1 heterocycles. The third-order valence-corrected chi connectivity index (χ3v) is 6.42. The van der Waals surface area contributed by atoms with E-state index in [0.29, 0.717) is 21.3 Å². The number of non-ortho nitro benzene ring substituents is 1. The van der Waals surface area contributed by atoms with E-state index in [2.05, 4.69) is 38.5 Å². The second kappa shape index (κ2) is 9.40. The summed E-state index contributed by atoms with van der Waals surface area (Å²) in [5.41, 5.74) is 1.29. The third kappa shape index (κ3) is 4.93. The van der Waals surface area contributed by atoms with Crippen LogP contribution in [0.3, 0.4) is 0 Å². The first-order chi connectivity index (χ1) is 14.6. The molecule has 2 amide bonds. The summed E-state index contributed by atoms with van der Waals surface area (Å²) in [4.78, 5) is 38.0. The van der Waals surface area contributed by atoms with Gasteiger partial charge in [-0.1, -0.05) is 12.1 Å². The molecule has 11 heteroatoms. The van der Waals surface area contributed by atoms with Crippen LogP contribution in [-0.4, -0.2) is 45.7 Å². The van der Waals surface area contributed by atoms with Crippen LogP contribution in [0.15, 0.2) is 46.4 Å². The Morgan fingerprint density at radius 3 is 2.42 bits per heavy atom. The third-order valence-electron chi connectivity index (χ3n) is 4.48. The number of nitro groups is 1. The zero-order valence-corrected chi connectivity index (χ0v) is 20.9. The van der Waals surface area contributed by atoms with Gasteiger partial charge in [0.25, 0.3) is 17.5 Å². The highest BCUT2D eigenvalue weighted by molar-refractivity contribution is 14.1. The Bertz CT molecular complexity index is 1100. The van der Waals surface area contributed by atoms with Crippen molar-refractivity contribution >= 4 is 79.4 Å². The van der Waals surface area contributed by atoms with Crippen molar-refractivity contribution in [3.8, 4) is 5.75 Å². The molecule has 0 unspecified atom stereocenters. The highest BCUT2D eigenvalue weighted by Gasteiger charge is 2.35. The van der Waals surface area contributed by atoms with Crippen molar-refractivity contribution in [2.75, 3.05) is 14.1 Å². The molecular weight excluding hydrogens is 601 g/mol. The molecule has 0 aliphatic carbocycles. The van der Waals surface area contributed by atoms with Crippen LogP contribution in [0.5, 0.6) is 5.75 Å². The van der Waals surface area contributed by atoms with Crippen LogP contribution < -0.4 is 4.74 Å². The smallest absolute Gasteiger partial charge is 0.269 e. The molecule has 0 saturated carbocycles. The summed E-state index contributed by atoms with van der Waals surface area (Å²) in [5.74, 6) is -0.388. The van der Waals surface area contributed by atoms with E-state index in [1.165, 1.54) is 42.1 Å². The maximum Gasteiger partial charge on any atom is 0.269 e. The molecule has 1 aliphatic rings. The number of nitrogens with zero attached hydrogens (tertiary/aromatic N) is 3. The first kappa shape index (κ1) is 23.3. The fourth-order valence-electron chi connectivity index (χ4n) is 2.86. The lowest BCUT2D eigenvalue weighted by molar-refractivity contribution is -0.384. The van der Waals surface area contributed by atoms with E-state index in [9.17, 15) is 19.7 Å². The van der Waals surface area contributed by atoms with Gasteiger partial charge >= 0.3 is 0 Å². The largest absolute Gasteiger partial charge is 0.487 e. The van der Waals surface area contributed by atoms with Gasteiger partial charge in [0.1, 0.15) is 17.9 Å². The number of benzene rings is 2. The number of nitro benzene ring substituents is 1. The van der Waals surface area contributed by atoms with Crippen LogP contribution in [0, 0.1) is 13.7 Å². The summed E-state index contributed by atoms with van der Waals surface area (Å²) in [6.45, 7) is 0.140. The van der Waals surface area contributed by atoms with Crippen LogP contribution in [0.1, 0.15) is 11.1 Å². The molecule has 0 bridgehead atoms. The molecule has 0 N–H and O–H groups in total. The van der Waals surface area contributed by atoms with Crippen molar-refractivity contribution < 1.29 is 19.2 Å². The molecule has 1 saturated heterocycles. The van der Waals surface area contributed by atoms with Crippen LogP contribution in [-0.2, 0) is 16.2 Å². The molecule has 8 nitrogen and oxygen atoms in total. The summed E-state index contributed by atoms with van der Waals surface area (Å²) >= 11 is 10.6. The van der Waals surface area contributed by atoms with Gasteiger partial charge in [-0.25, -0.2) is 0 Å². The van der Waals surface area contributed by atoms with Crippen molar-refractivity contribution in [2.24, 2.45) is 0 Å². The van der Waals surface area contributed by atoms with Crippen molar-refractivity contribution in [3.05, 3.63) is 71.3 Å². The summed E-state index contributed by atoms with van der Waals surface area (Å²) in [5, 5.41) is 11.1. The molecule has 0 aromatic heterocycles. The minimum absolute atomic E-state index is 0.00608. The number of carbonyl (C=O) groups excluding carboxylic acids is 2. The molecule has 0 spiro atoms. The van der Waals surface area contributed by atoms with Gasteiger partial charge in [0.05, 0.1) is 13.0 Å². The number of hydrogen-bond acceptors (Lipinski definition) is 6. The van der Waals surface area contributed by atoms with Gasteiger partial charge < -0.3 is 4.74 Å². The van der Waals surface area contributed by atoms with Gasteiger partial charge in [-0.05, 0) is 80.1 Å². The molecule has 0 atom stereocenters. The summed E-state index contributed by atoms with van der Waals surface area (Å²) in [7, 11) is 3.04. The zero-order chi connectivity index (χ0) is 22.9. The van der Waals surface area contributed by atoms with Gasteiger partial charge in [0.2, 0.25) is 0 Å². The van der Waals surface area contributed by atoms with Crippen molar-refractivity contribution in [3.63, 3.8) is 0 Å². The van der Waals surface area contributed by atoms with Crippen LogP contribution in [0.25, 0.3) is 6.08 Å². The standard InChI is InChI=1S/C20H15BrIN3O5S/c1-23-18(26)14(19(27)24(2)20(23)31)7-12-8-15(21)17(16(22)9-12)30-10-11-4-3-5-13(6-11)25(28)29/h3-9H,10H2,1-2H3. The van der Waals surface area contributed by atoms with E-state index in [4.69, 9.17) is 17.0 Å². The normalized spacial score (nSPS) is 14.2. The quantitative estimate of drug-likeness (QED) is 0.125. The molecule has 1 aliphatic heterocycles. The highest BCUT2D eigenvalue weighted by atomic mass is 127. The minimum atomic E-state index is -0.467. The fraction of sp³-hybridized carbons (Fsp3) is 0.150. The summed E-state index contributed by atoms with van der Waals surface area (Å²) in [6.07, 6.45) is 1.51. The number of rotatable bonds is 5. The van der Waals surface area contributed by atoms with E-state index in [1.54, 1.807) is 24.3 Å². The number of likely N-dealkylation sites (N-methyl/N-ethyl adjacent to an activating group) is 2. The van der Waals surface area contributed by atoms with Gasteiger partial charge in [0.15, 0.2) is 5.11 Å². The van der Waals surface area contributed by atoms with Crippen LogP contribution in [0.4, 0.5) is 5.69 Å². The monoisotopic (exact) mass is 615 g/mol. The Morgan fingerprint density at radius 1 is 1.19 bits per heavy atom. The minimum Gasteiger partial charge on any atom is -0.487 e. The maximum atomic E-state index is 12.5. The van der Waals surface area contributed by atoms with E-state index < -0.39 is 16.7 Å². The second-order valence-electron chi connectivity index (χ2n) is 6.60. The number of carbonyl (C=O) groups is 2. The van der Waals surface area contributed by atoms with Gasteiger partial charge in [0, 0.05) is 26.2 Å². The number of ether oxygens (including phenoxy) is 1. The molecule has 3 rings (SSSR count). The first-order valence-electron chi connectivity index (χ1n) is 8.77. The predicted octanol–water partition coefficient (Wildman–Crippen LogP) is 4.14. The lowest BCUT2D eigenvalue weighted by Crippen LogP contribution is -2.52. The van der Waals surface area contributed by atoms with Gasteiger partial charge in [-0.15, -0.1) is 0 Å². The molecule has 2 aromatic carbocycles.